The first kappa shape index (κ1) is 26.1. The number of aryl methyl sites for hydroxylation is 1. The summed E-state index contributed by atoms with van der Waals surface area (Å²) in [5.41, 5.74) is 4.89. The summed E-state index contributed by atoms with van der Waals surface area (Å²) in [6.45, 7) is 6.66. The third-order valence-corrected chi connectivity index (χ3v) is 5.01. The first-order valence-corrected chi connectivity index (χ1v) is 10.7. The number of carbonyl (C=O) groups excluding carboxylic acids is 2. The first-order chi connectivity index (χ1) is 14.0. The van der Waals surface area contributed by atoms with Crippen LogP contribution in [0.1, 0.15) is 71.8 Å². The number of unbranched alkanes of at least 4 members (excludes halogenated alkanes) is 3. The number of ether oxygens (including phenoxy) is 1. The van der Waals surface area contributed by atoms with E-state index >= 15 is 0 Å². The van der Waals surface area contributed by atoms with Gasteiger partial charge in [0.15, 0.2) is 0 Å². The molecular weight excluding hydrogens is 384 g/mol. The Morgan fingerprint density at radius 1 is 1.13 bits per heavy atom. The largest absolute Gasteiger partial charge is 0.459 e. The van der Waals surface area contributed by atoms with Crippen LogP contribution in [0.4, 0.5) is 5.69 Å². The number of aliphatic hydroxyl groups is 2. The molecule has 7 heteroatoms. The maximum absolute atomic E-state index is 12.6. The van der Waals surface area contributed by atoms with Gasteiger partial charge in [-0.25, -0.2) is 0 Å². The van der Waals surface area contributed by atoms with E-state index in [1.807, 2.05) is 12.1 Å². The van der Waals surface area contributed by atoms with Crippen molar-refractivity contribution < 1.29 is 24.5 Å². The highest BCUT2D eigenvalue weighted by atomic mass is 16.6. The zero-order valence-electron chi connectivity index (χ0n) is 18.7. The summed E-state index contributed by atoms with van der Waals surface area (Å²) >= 11 is 0. The molecule has 0 bridgehead atoms. The zero-order chi connectivity index (χ0) is 22.8. The van der Waals surface area contributed by atoms with Gasteiger partial charge in [0.25, 0.3) is 0 Å². The highest BCUT2D eigenvalue weighted by Gasteiger charge is 2.45. The number of nitrogens with one attached hydrogen (secondary N) is 1. The van der Waals surface area contributed by atoms with Gasteiger partial charge in [-0.2, -0.15) is 0 Å². The molecule has 1 amide bonds. The lowest BCUT2D eigenvalue weighted by Crippen LogP contribution is -2.52. The van der Waals surface area contributed by atoms with Crippen LogP contribution in [0, 0.1) is 5.41 Å². The van der Waals surface area contributed by atoms with Gasteiger partial charge in [-0.3, -0.25) is 9.59 Å². The molecule has 0 radical (unpaired) electrons. The lowest BCUT2D eigenvalue weighted by Gasteiger charge is -2.35. The Kier molecular flexibility index (Phi) is 10.5. The molecule has 170 valence electrons. The van der Waals surface area contributed by atoms with Gasteiger partial charge in [-0.1, -0.05) is 38.3 Å². The SMILES string of the molecule is CCCCCCC(=O)Nc1ccc(CCC(CO)(C(=O)OC(C)(C)C)C(N)O)cc1. The molecule has 1 aromatic carbocycles. The highest BCUT2D eigenvalue weighted by Crippen LogP contribution is 2.30. The molecule has 7 nitrogen and oxygen atoms in total. The molecule has 2 unspecified atom stereocenters. The Balaban J connectivity index is 2.70. The average molecular weight is 423 g/mol. The van der Waals surface area contributed by atoms with Gasteiger partial charge in [-0.05, 0) is 57.7 Å². The van der Waals surface area contributed by atoms with E-state index < -0.39 is 29.8 Å². The van der Waals surface area contributed by atoms with E-state index in [0.717, 1.165) is 31.2 Å². The minimum Gasteiger partial charge on any atom is -0.459 e. The Bertz CT molecular complexity index is 667. The van der Waals surface area contributed by atoms with Crippen molar-refractivity contribution >= 4 is 17.6 Å². The molecule has 0 spiro atoms. The molecule has 0 heterocycles. The van der Waals surface area contributed by atoms with Crippen LogP contribution in [0.25, 0.3) is 0 Å². The second-order valence-corrected chi connectivity index (χ2v) is 8.82. The molecule has 2 atom stereocenters. The van der Waals surface area contributed by atoms with Crippen molar-refractivity contribution in [2.45, 2.75) is 84.5 Å². The van der Waals surface area contributed by atoms with Crippen molar-refractivity contribution in [1.82, 2.24) is 0 Å². The molecule has 0 saturated heterocycles. The fourth-order valence-electron chi connectivity index (χ4n) is 3.05. The van der Waals surface area contributed by atoms with E-state index in [4.69, 9.17) is 10.5 Å². The Hall–Kier alpha value is -1.96. The minimum atomic E-state index is -1.60. The summed E-state index contributed by atoms with van der Waals surface area (Å²) in [4.78, 5) is 24.6. The van der Waals surface area contributed by atoms with Crippen molar-refractivity contribution in [2.75, 3.05) is 11.9 Å². The number of amides is 1. The number of rotatable bonds is 12. The van der Waals surface area contributed by atoms with Crippen LogP contribution in [0.2, 0.25) is 0 Å². The van der Waals surface area contributed by atoms with Gasteiger partial charge >= 0.3 is 5.97 Å². The molecule has 0 aliphatic heterocycles. The Labute approximate surface area is 180 Å². The van der Waals surface area contributed by atoms with Crippen molar-refractivity contribution in [3.63, 3.8) is 0 Å². The normalized spacial score (nSPS) is 14.6. The van der Waals surface area contributed by atoms with Crippen molar-refractivity contribution in [3.8, 4) is 0 Å². The summed E-state index contributed by atoms with van der Waals surface area (Å²) in [5.74, 6) is -0.728. The van der Waals surface area contributed by atoms with Crippen molar-refractivity contribution in [2.24, 2.45) is 11.1 Å². The van der Waals surface area contributed by atoms with E-state index in [2.05, 4.69) is 12.2 Å². The zero-order valence-corrected chi connectivity index (χ0v) is 18.7. The third kappa shape index (κ3) is 8.42. The second-order valence-electron chi connectivity index (χ2n) is 8.82. The van der Waals surface area contributed by atoms with E-state index in [0.29, 0.717) is 18.5 Å². The van der Waals surface area contributed by atoms with Gasteiger partial charge in [-0.15, -0.1) is 0 Å². The van der Waals surface area contributed by atoms with Crippen LogP contribution in [0.15, 0.2) is 24.3 Å². The third-order valence-electron chi connectivity index (χ3n) is 5.01. The fraction of sp³-hybridized carbons (Fsp3) is 0.652. The van der Waals surface area contributed by atoms with E-state index in [9.17, 15) is 19.8 Å². The van der Waals surface area contributed by atoms with Crippen molar-refractivity contribution in [3.05, 3.63) is 29.8 Å². The summed E-state index contributed by atoms with van der Waals surface area (Å²) in [6.07, 6.45) is 3.69. The average Bonchev–Trinajstić information content (AvgIpc) is 2.65. The predicted molar refractivity (Wildman–Crippen MR) is 118 cm³/mol. The molecule has 0 aromatic heterocycles. The molecule has 30 heavy (non-hydrogen) atoms. The first-order valence-electron chi connectivity index (χ1n) is 10.7. The van der Waals surface area contributed by atoms with Crippen molar-refractivity contribution in [1.29, 1.82) is 0 Å². The fourth-order valence-corrected chi connectivity index (χ4v) is 3.05. The van der Waals surface area contributed by atoms with Gasteiger partial charge < -0.3 is 26.0 Å². The molecular formula is C23H38N2O5. The quantitative estimate of drug-likeness (QED) is 0.233. The molecule has 0 fully saturated rings. The van der Waals surface area contributed by atoms with Gasteiger partial charge in [0.1, 0.15) is 17.2 Å². The number of anilines is 1. The Morgan fingerprint density at radius 3 is 2.27 bits per heavy atom. The molecule has 0 aliphatic rings. The summed E-state index contributed by atoms with van der Waals surface area (Å²) in [5, 5.41) is 22.8. The monoisotopic (exact) mass is 422 g/mol. The standard InChI is InChI=1S/C23H38N2O5/c1-5-6-7-8-9-19(27)25-18-12-10-17(11-13-18)14-15-23(16-26,20(24)28)21(29)30-22(2,3)4/h10-13,20,26,28H,5-9,14-16,24H2,1-4H3,(H,25,27). The molecule has 1 rings (SSSR count). The number of nitrogens with two attached hydrogens (primary N) is 1. The van der Waals surface area contributed by atoms with Crippen LogP contribution in [-0.4, -0.2) is 40.5 Å². The van der Waals surface area contributed by atoms with Gasteiger partial charge in [0.2, 0.25) is 5.91 Å². The summed E-state index contributed by atoms with van der Waals surface area (Å²) in [7, 11) is 0. The number of hydrogen-bond acceptors (Lipinski definition) is 6. The highest BCUT2D eigenvalue weighted by molar-refractivity contribution is 5.90. The Morgan fingerprint density at radius 2 is 1.77 bits per heavy atom. The van der Waals surface area contributed by atoms with Crippen LogP contribution in [-0.2, 0) is 20.7 Å². The smallest absolute Gasteiger partial charge is 0.319 e. The summed E-state index contributed by atoms with van der Waals surface area (Å²) < 4.78 is 5.37. The maximum atomic E-state index is 12.6. The number of carbonyl (C=O) groups is 2. The second kappa shape index (κ2) is 12.0. The molecule has 0 saturated carbocycles. The molecule has 1 aromatic rings. The number of benzene rings is 1. The predicted octanol–water partition coefficient (Wildman–Crippen LogP) is 3.13. The topological polar surface area (TPSA) is 122 Å². The number of aliphatic hydroxyl groups excluding tert-OH is 2. The van der Waals surface area contributed by atoms with E-state index in [1.54, 1.807) is 32.9 Å². The lowest BCUT2D eigenvalue weighted by atomic mass is 9.81. The number of hydrogen-bond donors (Lipinski definition) is 4. The van der Waals surface area contributed by atoms with Gasteiger partial charge in [0.05, 0.1) is 6.61 Å². The van der Waals surface area contributed by atoms with Crippen LogP contribution in [0.3, 0.4) is 0 Å². The molecule has 5 N–H and O–H groups in total. The van der Waals surface area contributed by atoms with E-state index in [-0.39, 0.29) is 12.3 Å². The van der Waals surface area contributed by atoms with Crippen LogP contribution >= 0.6 is 0 Å². The van der Waals surface area contributed by atoms with E-state index in [1.165, 1.54) is 0 Å². The lowest BCUT2D eigenvalue weighted by molar-refractivity contribution is -0.179. The van der Waals surface area contributed by atoms with Crippen LogP contribution in [0.5, 0.6) is 0 Å². The summed E-state index contributed by atoms with van der Waals surface area (Å²) in [6, 6.07) is 7.28. The maximum Gasteiger partial charge on any atom is 0.319 e. The van der Waals surface area contributed by atoms with Gasteiger partial charge in [0, 0.05) is 12.1 Å². The minimum absolute atomic E-state index is 0.00525. The van der Waals surface area contributed by atoms with Crippen LogP contribution < -0.4 is 11.1 Å². The molecule has 0 aliphatic carbocycles. The number of esters is 1.